The molecule has 0 saturated carbocycles. The van der Waals surface area contributed by atoms with Crippen molar-refractivity contribution in [2.24, 2.45) is 0 Å². The molecule has 0 N–H and O–H groups in total. The van der Waals surface area contributed by atoms with Gasteiger partial charge in [-0.05, 0) is 37.5 Å². The van der Waals surface area contributed by atoms with Gasteiger partial charge in [0, 0.05) is 0 Å². The SMILES string of the molecule is CC(=O)C1OC2C(C(=O)N2C(C(=O)OCc2ccccc2)=C(C)C)N1C(=O)Cc1ccccc1. The number of fused-ring (bicyclic) bond motifs is 1. The molecule has 3 unspecified atom stereocenters. The van der Waals surface area contributed by atoms with Crippen LogP contribution >= 0.6 is 0 Å². The van der Waals surface area contributed by atoms with Crippen LogP contribution in [0, 0.1) is 0 Å². The van der Waals surface area contributed by atoms with Gasteiger partial charge in [0.05, 0.1) is 6.42 Å². The second-order valence-corrected chi connectivity index (χ2v) is 8.52. The molecule has 4 rings (SSSR count). The molecule has 2 saturated heterocycles. The standard InChI is InChI=1S/C26H26N2O6/c1-16(2)21(26(32)33-15-19-12-8-5-9-13-19)28-23(31)22-25(28)34-24(17(3)29)27(22)20(30)14-18-10-6-4-7-11-18/h4-13,22,24-25H,14-15H2,1-3H3. The molecule has 2 aliphatic rings. The van der Waals surface area contributed by atoms with Gasteiger partial charge in [0.15, 0.2) is 24.3 Å². The van der Waals surface area contributed by atoms with Gasteiger partial charge >= 0.3 is 5.97 Å². The molecule has 0 bridgehead atoms. The highest BCUT2D eigenvalue weighted by Gasteiger charge is 2.63. The summed E-state index contributed by atoms with van der Waals surface area (Å²) in [6.45, 7) is 4.74. The van der Waals surface area contributed by atoms with E-state index in [1.54, 1.807) is 26.0 Å². The van der Waals surface area contributed by atoms with Crippen LogP contribution < -0.4 is 0 Å². The van der Waals surface area contributed by atoms with E-state index in [-0.39, 0.29) is 18.7 Å². The van der Waals surface area contributed by atoms with E-state index >= 15 is 0 Å². The highest BCUT2D eigenvalue weighted by Crippen LogP contribution is 2.39. The number of benzene rings is 2. The first-order valence-corrected chi connectivity index (χ1v) is 11.0. The van der Waals surface area contributed by atoms with Gasteiger partial charge in [0.25, 0.3) is 5.91 Å². The van der Waals surface area contributed by atoms with Gasteiger partial charge in [-0.3, -0.25) is 24.2 Å². The molecule has 2 aromatic rings. The third-order valence-corrected chi connectivity index (χ3v) is 5.79. The summed E-state index contributed by atoms with van der Waals surface area (Å²) in [5.41, 5.74) is 2.18. The normalized spacial score (nSPS) is 20.9. The van der Waals surface area contributed by atoms with Crippen molar-refractivity contribution in [3.05, 3.63) is 83.1 Å². The topological polar surface area (TPSA) is 93.2 Å². The molecule has 2 fully saturated rings. The van der Waals surface area contributed by atoms with Crippen LogP contribution in [0.25, 0.3) is 0 Å². The molecule has 176 valence electrons. The molecule has 0 radical (unpaired) electrons. The van der Waals surface area contributed by atoms with Crippen molar-refractivity contribution in [1.29, 1.82) is 0 Å². The Bertz CT molecular complexity index is 1140. The molecule has 0 aliphatic carbocycles. The Labute approximate surface area is 197 Å². The molecule has 8 nitrogen and oxygen atoms in total. The van der Waals surface area contributed by atoms with Crippen LogP contribution in [-0.2, 0) is 41.7 Å². The summed E-state index contributed by atoms with van der Waals surface area (Å²) in [5.74, 6) is -1.94. The van der Waals surface area contributed by atoms with E-state index in [2.05, 4.69) is 0 Å². The molecule has 2 aliphatic heterocycles. The largest absolute Gasteiger partial charge is 0.456 e. The van der Waals surface area contributed by atoms with Gasteiger partial charge in [0.1, 0.15) is 12.3 Å². The lowest BCUT2D eigenvalue weighted by atomic mass is 10.00. The zero-order chi connectivity index (χ0) is 24.4. The van der Waals surface area contributed by atoms with Gasteiger partial charge in [-0.25, -0.2) is 4.79 Å². The lowest BCUT2D eigenvalue weighted by molar-refractivity contribution is -0.171. The molecule has 2 heterocycles. The summed E-state index contributed by atoms with van der Waals surface area (Å²) in [5, 5.41) is 0. The van der Waals surface area contributed by atoms with Crippen LogP contribution in [0.3, 0.4) is 0 Å². The van der Waals surface area contributed by atoms with Crippen molar-refractivity contribution in [2.75, 3.05) is 0 Å². The lowest BCUT2D eigenvalue weighted by Crippen LogP contribution is -2.68. The number of Topliss-reactive ketones (excluding diaryl/α,β-unsaturated/α-hetero) is 1. The minimum atomic E-state index is -1.20. The van der Waals surface area contributed by atoms with Crippen molar-refractivity contribution in [1.82, 2.24) is 9.80 Å². The number of hydrogen-bond acceptors (Lipinski definition) is 6. The Morgan fingerprint density at radius 2 is 1.50 bits per heavy atom. The smallest absolute Gasteiger partial charge is 0.355 e. The first-order chi connectivity index (χ1) is 16.3. The maximum atomic E-state index is 13.2. The monoisotopic (exact) mass is 462 g/mol. The van der Waals surface area contributed by atoms with E-state index in [1.165, 1.54) is 16.7 Å². The fourth-order valence-electron chi connectivity index (χ4n) is 4.20. The third kappa shape index (κ3) is 4.36. The summed E-state index contributed by atoms with van der Waals surface area (Å²) in [4.78, 5) is 53.9. The van der Waals surface area contributed by atoms with E-state index in [9.17, 15) is 19.2 Å². The Morgan fingerprint density at radius 3 is 2.06 bits per heavy atom. The lowest BCUT2D eigenvalue weighted by Gasteiger charge is -2.44. The van der Waals surface area contributed by atoms with Gasteiger partial charge in [-0.1, -0.05) is 60.7 Å². The van der Waals surface area contributed by atoms with Crippen molar-refractivity contribution >= 4 is 23.6 Å². The summed E-state index contributed by atoms with van der Waals surface area (Å²) in [6, 6.07) is 17.3. The van der Waals surface area contributed by atoms with E-state index in [1.807, 2.05) is 48.5 Å². The molecule has 2 aromatic carbocycles. The average molecular weight is 463 g/mol. The predicted molar refractivity (Wildman–Crippen MR) is 122 cm³/mol. The minimum Gasteiger partial charge on any atom is -0.456 e. The number of ketones is 1. The predicted octanol–water partition coefficient (Wildman–Crippen LogP) is 2.58. The van der Waals surface area contributed by atoms with Gasteiger partial charge in [0.2, 0.25) is 5.91 Å². The van der Waals surface area contributed by atoms with Crippen molar-refractivity contribution < 1.29 is 28.7 Å². The molecule has 3 atom stereocenters. The minimum absolute atomic E-state index is 0.0269. The summed E-state index contributed by atoms with van der Waals surface area (Å²) in [7, 11) is 0. The quantitative estimate of drug-likeness (QED) is 0.357. The summed E-state index contributed by atoms with van der Waals surface area (Å²) < 4.78 is 11.3. The van der Waals surface area contributed by atoms with Gasteiger partial charge in [-0.2, -0.15) is 0 Å². The summed E-state index contributed by atoms with van der Waals surface area (Å²) >= 11 is 0. The Balaban J connectivity index is 1.53. The molecule has 0 spiro atoms. The fourth-order valence-corrected chi connectivity index (χ4v) is 4.20. The maximum absolute atomic E-state index is 13.2. The number of hydrogen-bond donors (Lipinski definition) is 0. The molecular weight excluding hydrogens is 436 g/mol. The molecular formula is C26H26N2O6. The number of esters is 1. The highest BCUT2D eigenvalue weighted by atomic mass is 16.6. The molecule has 34 heavy (non-hydrogen) atoms. The number of nitrogens with zero attached hydrogens (tertiary/aromatic N) is 2. The van der Waals surface area contributed by atoms with Gasteiger partial charge < -0.3 is 9.47 Å². The Morgan fingerprint density at radius 1 is 0.912 bits per heavy atom. The second kappa shape index (κ2) is 9.61. The zero-order valence-corrected chi connectivity index (χ0v) is 19.3. The maximum Gasteiger partial charge on any atom is 0.355 e. The van der Waals surface area contributed by atoms with Gasteiger partial charge in [-0.15, -0.1) is 0 Å². The van der Waals surface area contributed by atoms with Crippen LogP contribution in [0.4, 0.5) is 0 Å². The molecule has 8 heteroatoms. The first kappa shape index (κ1) is 23.4. The van der Waals surface area contributed by atoms with E-state index in [0.717, 1.165) is 11.1 Å². The Kier molecular flexibility index (Phi) is 6.61. The number of carbonyl (C=O) groups is 4. The molecule has 0 aromatic heterocycles. The van der Waals surface area contributed by atoms with E-state index in [4.69, 9.17) is 9.47 Å². The van der Waals surface area contributed by atoms with Crippen molar-refractivity contribution in [3.63, 3.8) is 0 Å². The third-order valence-electron chi connectivity index (χ3n) is 5.79. The van der Waals surface area contributed by atoms with Crippen molar-refractivity contribution in [3.8, 4) is 0 Å². The van der Waals surface area contributed by atoms with Crippen LogP contribution in [0.15, 0.2) is 71.9 Å². The Hall–Kier alpha value is -3.78. The second-order valence-electron chi connectivity index (χ2n) is 8.52. The van der Waals surface area contributed by atoms with Crippen molar-refractivity contribution in [2.45, 2.75) is 52.3 Å². The summed E-state index contributed by atoms with van der Waals surface area (Å²) in [6.07, 6.45) is -2.10. The first-order valence-electron chi connectivity index (χ1n) is 11.0. The number of β-lactam (4-membered cyclic amide) rings is 1. The number of ether oxygens (including phenoxy) is 2. The van der Waals surface area contributed by atoms with E-state index in [0.29, 0.717) is 5.57 Å². The molecule has 2 amide bonds. The van der Waals surface area contributed by atoms with Crippen LogP contribution in [0.2, 0.25) is 0 Å². The highest BCUT2D eigenvalue weighted by molar-refractivity contribution is 6.03. The number of allylic oxidation sites excluding steroid dienone is 1. The zero-order valence-electron chi connectivity index (χ0n) is 19.3. The average Bonchev–Trinajstić information content (AvgIpc) is 3.18. The van der Waals surface area contributed by atoms with Crippen LogP contribution in [0.5, 0.6) is 0 Å². The van der Waals surface area contributed by atoms with Crippen LogP contribution in [-0.4, -0.2) is 51.9 Å². The number of likely N-dealkylation sites (tertiary alicyclic amines) is 1. The fraction of sp³-hybridized carbons (Fsp3) is 0.308. The number of rotatable bonds is 7. The van der Waals surface area contributed by atoms with Crippen LogP contribution in [0.1, 0.15) is 31.9 Å². The number of amides is 2. The number of carbonyl (C=O) groups excluding carboxylic acids is 4. The van der Waals surface area contributed by atoms with E-state index < -0.39 is 42.1 Å².